The largest absolute Gasteiger partial charge is 0.358 e. The second kappa shape index (κ2) is 5.74. The minimum Gasteiger partial charge on any atom is -0.358 e. The molecule has 0 saturated carbocycles. The van der Waals surface area contributed by atoms with E-state index in [1.165, 1.54) is 12.1 Å². The van der Waals surface area contributed by atoms with Gasteiger partial charge in [0.2, 0.25) is 0 Å². The quantitative estimate of drug-likeness (QED) is 0.904. The fourth-order valence-electron chi connectivity index (χ4n) is 1.83. The first kappa shape index (κ1) is 13.4. The van der Waals surface area contributed by atoms with Gasteiger partial charge >= 0.3 is 0 Å². The average Bonchev–Trinajstić information content (AvgIpc) is 2.78. The maximum Gasteiger partial charge on any atom is 0.157 e. The standard InChI is InChI=1S/C14H19FN2S/c1-9(2)13-8-18-14(17-13)16-10(3)11-4-6-12(15)7-5-11/h4-7,9-10,13H,8H2,1-3H3,(H,16,17)/t10?,13-/m1/s1. The van der Waals surface area contributed by atoms with Crippen molar-refractivity contribution in [2.45, 2.75) is 32.9 Å². The van der Waals surface area contributed by atoms with Gasteiger partial charge < -0.3 is 5.32 Å². The average molecular weight is 266 g/mol. The zero-order valence-electron chi connectivity index (χ0n) is 11.0. The van der Waals surface area contributed by atoms with Crippen molar-refractivity contribution in [2.75, 3.05) is 5.75 Å². The number of nitrogens with zero attached hydrogens (tertiary/aromatic N) is 1. The van der Waals surface area contributed by atoms with Gasteiger partial charge in [-0.2, -0.15) is 0 Å². The summed E-state index contributed by atoms with van der Waals surface area (Å²) >= 11 is 1.77. The highest BCUT2D eigenvalue weighted by atomic mass is 32.2. The molecule has 1 aliphatic rings. The molecular formula is C14H19FN2S. The smallest absolute Gasteiger partial charge is 0.157 e. The van der Waals surface area contributed by atoms with E-state index in [9.17, 15) is 4.39 Å². The summed E-state index contributed by atoms with van der Waals surface area (Å²) in [6, 6.07) is 7.18. The summed E-state index contributed by atoms with van der Waals surface area (Å²) < 4.78 is 12.8. The van der Waals surface area contributed by atoms with Crippen LogP contribution >= 0.6 is 11.8 Å². The number of halogens is 1. The Hall–Kier alpha value is -1.03. The van der Waals surface area contributed by atoms with E-state index in [-0.39, 0.29) is 11.9 Å². The monoisotopic (exact) mass is 266 g/mol. The Morgan fingerprint density at radius 2 is 1.94 bits per heavy atom. The van der Waals surface area contributed by atoms with E-state index in [1.54, 1.807) is 11.8 Å². The normalized spacial score (nSPS) is 20.9. The molecule has 4 heteroatoms. The lowest BCUT2D eigenvalue weighted by atomic mass is 10.1. The van der Waals surface area contributed by atoms with Crippen LogP contribution in [0.15, 0.2) is 29.3 Å². The molecule has 1 aliphatic heterocycles. The number of amidine groups is 1. The van der Waals surface area contributed by atoms with Crippen molar-refractivity contribution in [1.29, 1.82) is 0 Å². The first-order chi connectivity index (χ1) is 8.56. The van der Waals surface area contributed by atoms with Gasteiger partial charge in [-0.15, -0.1) is 0 Å². The molecule has 98 valence electrons. The zero-order valence-corrected chi connectivity index (χ0v) is 11.8. The van der Waals surface area contributed by atoms with E-state index < -0.39 is 0 Å². The highest BCUT2D eigenvalue weighted by Crippen LogP contribution is 2.24. The molecule has 0 bridgehead atoms. The van der Waals surface area contributed by atoms with Crippen molar-refractivity contribution in [3.63, 3.8) is 0 Å². The van der Waals surface area contributed by atoms with Gasteiger partial charge in [-0.3, -0.25) is 4.99 Å². The van der Waals surface area contributed by atoms with Gasteiger partial charge in [-0.1, -0.05) is 37.7 Å². The maximum absolute atomic E-state index is 12.8. The molecule has 0 amide bonds. The van der Waals surface area contributed by atoms with E-state index in [1.807, 2.05) is 12.1 Å². The fraction of sp³-hybridized carbons (Fsp3) is 0.500. The predicted octanol–water partition coefficient (Wildman–Crippen LogP) is 3.60. The van der Waals surface area contributed by atoms with Crippen molar-refractivity contribution in [3.8, 4) is 0 Å². The molecule has 0 spiro atoms. The van der Waals surface area contributed by atoms with Gasteiger partial charge in [0.25, 0.3) is 0 Å². The van der Waals surface area contributed by atoms with Crippen LogP contribution < -0.4 is 5.32 Å². The lowest BCUT2D eigenvalue weighted by Gasteiger charge is -2.14. The van der Waals surface area contributed by atoms with Crippen LogP contribution in [0.25, 0.3) is 0 Å². The van der Waals surface area contributed by atoms with Gasteiger partial charge in [-0.25, -0.2) is 4.39 Å². The number of thioether (sulfide) groups is 1. The summed E-state index contributed by atoms with van der Waals surface area (Å²) in [6.45, 7) is 6.46. The van der Waals surface area contributed by atoms with Gasteiger partial charge in [0.15, 0.2) is 5.17 Å². The lowest BCUT2D eigenvalue weighted by Crippen LogP contribution is -2.23. The number of hydrogen-bond acceptors (Lipinski definition) is 3. The highest BCUT2D eigenvalue weighted by molar-refractivity contribution is 8.14. The molecule has 0 radical (unpaired) electrons. The summed E-state index contributed by atoms with van der Waals surface area (Å²) in [6.07, 6.45) is 0. The topological polar surface area (TPSA) is 24.4 Å². The van der Waals surface area contributed by atoms with Crippen LogP contribution in [-0.2, 0) is 0 Å². The Labute approximate surface area is 112 Å². The van der Waals surface area contributed by atoms with Gasteiger partial charge in [0.05, 0.1) is 12.1 Å². The Bertz CT molecular complexity index is 428. The molecule has 1 unspecified atom stereocenters. The molecule has 2 atom stereocenters. The van der Waals surface area contributed by atoms with Crippen LogP contribution in [0.4, 0.5) is 4.39 Å². The van der Waals surface area contributed by atoms with Crippen molar-refractivity contribution < 1.29 is 4.39 Å². The number of benzene rings is 1. The van der Waals surface area contributed by atoms with Crippen molar-refractivity contribution in [1.82, 2.24) is 5.32 Å². The summed E-state index contributed by atoms with van der Waals surface area (Å²) in [5, 5.41) is 4.40. The number of aliphatic imine (C=N–C) groups is 1. The Morgan fingerprint density at radius 1 is 1.28 bits per heavy atom. The number of nitrogens with one attached hydrogen (secondary N) is 1. The summed E-state index contributed by atoms with van der Waals surface area (Å²) in [4.78, 5) is 4.67. The molecule has 2 nitrogen and oxygen atoms in total. The number of rotatable bonds is 3. The SMILES string of the molecule is CC(NC1=N[C@@H](C(C)C)CS1)c1ccc(F)cc1. The number of hydrogen-bond donors (Lipinski definition) is 1. The van der Waals surface area contributed by atoms with Gasteiger partial charge in [0, 0.05) is 5.75 Å². The van der Waals surface area contributed by atoms with Crippen LogP contribution in [-0.4, -0.2) is 17.0 Å². The second-order valence-electron chi connectivity index (χ2n) is 4.97. The first-order valence-electron chi connectivity index (χ1n) is 6.29. The third-order valence-corrected chi connectivity index (χ3v) is 4.16. The molecule has 18 heavy (non-hydrogen) atoms. The summed E-state index contributed by atoms with van der Waals surface area (Å²) in [5.74, 6) is 1.44. The van der Waals surface area contributed by atoms with Crippen molar-refractivity contribution in [2.24, 2.45) is 10.9 Å². The van der Waals surface area contributed by atoms with Crippen LogP contribution in [0, 0.1) is 11.7 Å². The zero-order chi connectivity index (χ0) is 13.1. The fourth-order valence-corrected chi connectivity index (χ4v) is 3.09. The second-order valence-corrected chi connectivity index (χ2v) is 5.98. The van der Waals surface area contributed by atoms with E-state index in [2.05, 4.69) is 31.1 Å². The van der Waals surface area contributed by atoms with Gasteiger partial charge in [0.1, 0.15) is 5.82 Å². The lowest BCUT2D eigenvalue weighted by molar-refractivity contribution is 0.541. The first-order valence-corrected chi connectivity index (χ1v) is 7.27. The third kappa shape index (κ3) is 3.25. The predicted molar refractivity (Wildman–Crippen MR) is 76.5 cm³/mol. The molecule has 1 aromatic carbocycles. The summed E-state index contributed by atoms with van der Waals surface area (Å²) in [5.41, 5.74) is 1.08. The van der Waals surface area contributed by atoms with Crippen molar-refractivity contribution in [3.05, 3.63) is 35.6 Å². The van der Waals surface area contributed by atoms with E-state index in [4.69, 9.17) is 0 Å². The van der Waals surface area contributed by atoms with E-state index in [0.717, 1.165) is 16.5 Å². The van der Waals surface area contributed by atoms with E-state index in [0.29, 0.717) is 12.0 Å². The van der Waals surface area contributed by atoms with Crippen molar-refractivity contribution >= 4 is 16.9 Å². The third-order valence-electron chi connectivity index (χ3n) is 3.15. The molecular weight excluding hydrogens is 247 g/mol. The molecule has 0 aliphatic carbocycles. The molecule has 0 fully saturated rings. The Balaban J connectivity index is 1.98. The summed E-state index contributed by atoms with van der Waals surface area (Å²) in [7, 11) is 0. The molecule has 1 N–H and O–H groups in total. The minimum atomic E-state index is -0.196. The molecule has 1 aromatic rings. The minimum absolute atomic E-state index is 0.155. The molecule has 0 saturated heterocycles. The molecule has 0 aromatic heterocycles. The van der Waals surface area contributed by atoms with Crippen LogP contribution in [0.3, 0.4) is 0 Å². The molecule has 2 rings (SSSR count). The highest BCUT2D eigenvalue weighted by Gasteiger charge is 2.22. The molecule has 1 heterocycles. The Morgan fingerprint density at radius 3 is 2.50 bits per heavy atom. The van der Waals surface area contributed by atoms with Crippen LogP contribution in [0.5, 0.6) is 0 Å². The van der Waals surface area contributed by atoms with Crippen LogP contribution in [0.1, 0.15) is 32.4 Å². The van der Waals surface area contributed by atoms with Gasteiger partial charge in [-0.05, 0) is 30.5 Å². The maximum atomic E-state index is 12.8. The Kier molecular flexibility index (Phi) is 4.27. The van der Waals surface area contributed by atoms with E-state index >= 15 is 0 Å². The van der Waals surface area contributed by atoms with Crippen LogP contribution in [0.2, 0.25) is 0 Å².